The summed E-state index contributed by atoms with van der Waals surface area (Å²) in [4.78, 5) is 0. The Bertz CT molecular complexity index is 407. The van der Waals surface area contributed by atoms with E-state index >= 15 is 0 Å². The maximum absolute atomic E-state index is 12.0. The van der Waals surface area contributed by atoms with Gasteiger partial charge in [0.2, 0.25) is 0 Å². The number of halogens is 3. The average molecular weight is 289 g/mol. The highest BCUT2D eigenvalue weighted by Gasteiger charge is 2.31. The molecule has 114 valence electrons. The largest absolute Gasteiger partial charge is 0.573 e. The first-order valence-electron chi connectivity index (χ1n) is 6.66. The van der Waals surface area contributed by atoms with Crippen molar-refractivity contribution in [2.45, 2.75) is 46.5 Å². The predicted molar refractivity (Wildman–Crippen MR) is 73.6 cm³/mol. The molecule has 0 amide bonds. The van der Waals surface area contributed by atoms with Crippen LogP contribution in [-0.4, -0.2) is 12.9 Å². The van der Waals surface area contributed by atoms with Crippen molar-refractivity contribution in [2.75, 3.05) is 6.54 Å². The standard InChI is InChI=1S/C15H22F3NO/c1-11(19-10-9-14(2,3)4)12-5-7-13(8-6-12)20-15(16,17)18/h5-8,11,19H,9-10H2,1-4H3. The molecule has 0 fully saturated rings. The van der Waals surface area contributed by atoms with Gasteiger partial charge >= 0.3 is 6.36 Å². The van der Waals surface area contributed by atoms with Crippen LogP contribution in [0.2, 0.25) is 0 Å². The summed E-state index contributed by atoms with van der Waals surface area (Å²) in [5, 5.41) is 3.36. The number of hydrogen-bond acceptors (Lipinski definition) is 2. The van der Waals surface area contributed by atoms with Crippen molar-refractivity contribution in [1.29, 1.82) is 0 Å². The Kier molecular flexibility index (Phi) is 5.45. The van der Waals surface area contributed by atoms with Crippen molar-refractivity contribution in [2.24, 2.45) is 5.41 Å². The van der Waals surface area contributed by atoms with E-state index in [2.05, 4.69) is 30.8 Å². The Balaban J connectivity index is 2.51. The van der Waals surface area contributed by atoms with E-state index in [1.807, 2.05) is 6.92 Å². The molecule has 0 aliphatic rings. The van der Waals surface area contributed by atoms with Gasteiger partial charge in [-0.2, -0.15) is 0 Å². The van der Waals surface area contributed by atoms with Crippen LogP contribution in [0.25, 0.3) is 0 Å². The van der Waals surface area contributed by atoms with Crippen LogP contribution in [-0.2, 0) is 0 Å². The molecular formula is C15H22F3NO. The third-order valence-corrected chi connectivity index (χ3v) is 2.94. The van der Waals surface area contributed by atoms with Gasteiger partial charge in [0, 0.05) is 6.04 Å². The van der Waals surface area contributed by atoms with Gasteiger partial charge < -0.3 is 10.1 Å². The summed E-state index contributed by atoms with van der Waals surface area (Å²) >= 11 is 0. The van der Waals surface area contributed by atoms with Gasteiger partial charge in [-0.3, -0.25) is 0 Å². The van der Waals surface area contributed by atoms with E-state index in [9.17, 15) is 13.2 Å². The minimum Gasteiger partial charge on any atom is -0.406 e. The summed E-state index contributed by atoms with van der Waals surface area (Å²) in [6, 6.07) is 6.07. The fourth-order valence-corrected chi connectivity index (χ4v) is 1.74. The molecule has 0 radical (unpaired) electrons. The maximum atomic E-state index is 12.0. The van der Waals surface area contributed by atoms with Crippen molar-refractivity contribution in [3.05, 3.63) is 29.8 Å². The van der Waals surface area contributed by atoms with Crippen LogP contribution in [0.5, 0.6) is 5.75 Å². The monoisotopic (exact) mass is 289 g/mol. The molecule has 5 heteroatoms. The number of hydrogen-bond donors (Lipinski definition) is 1. The Labute approximate surface area is 118 Å². The molecule has 0 saturated heterocycles. The highest BCUT2D eigenvalue weighted by Crippen LogP contribution is 2.24. The SMILES string of the molecule is CC(NCCC(C)(C)C)c1ccc(OC(F)(F)F)cc1. The molecular weight excluding hydrogens is 267 g/mol. The Morgan fingerprint density at radius 2 is 1.65 bits per heavy atom. The van der Waals surface area contributed by atoms with Crippen LogP contribution in [0.15, 0.2) is 24.3 Å². The highest BCUT2D eigenvalue weighted by atomic mass is 19.4. The van der Waals surface area contributed by atoms with Crippen molar-refractivity contribution in [1.82, 2.24) is 5.32 Å². The van der Waals surface area contributed by atoms with Gasteiger partial charge in [0.25, 0.3) is 0 Å². The quantitative estimate of drug-likeness (QED) is 0.850. The molecule has 0 heterocycles. The number of rotatable bonds is 5. The van der Waals surface area contributed by atoms with Gasteiger partial charge in [0.05, 0.1) is 0 Å². The molecule has 1 N–H and O–H groups in total. The van der Waals surface area contributed by atoms with Gasteiger partial charge in [-0.15, -0.1) is 13.2 Å². The summed E-state index contributed by atoms with van der Waals surface area (Å²) in [7, 11) is 0. The van der Waals surface area contributed by atoms with E-state index in [4.69, 9.17) is 0 Å². The normalized spacial score (nSPS) is 14.2. The number of nitrogens with one attached hydrogen (secondary N) is 1. The van der Waals surface area contributed by atoms with Gasteiger partial charge in [-0.25, -0.2) is 0 Å². The summed E-state index contributed by atoms with van der Waals surface area (Å²) in [5.74, 6) is -0.192. The predicted octanol–water partition coefficient (Wildman–Crippen LogP) is 4.67. The van der Waals surface area contributed by atoms with Crippen LogP contribution in [0.1, 0.15) is 45.7 Å². The van der Waals surface area contributed by atoms with Crippen LogP contribution >= 0.6 is 0 Å². The van der Waals surface area contributed by atoms with E-state index < -0.39 is 6.36 Å². The van der Waals surface area contributed by atoms with Crippen molar-refractivity contribution in [3.63, 3.8) is 0 Å². The molecule has 0 spiro atoms. The molecule has 2 nitrogen and oxygen atoms in total. The molecule has 0 saturated carbocycles. The fourth-order valence-electron chi connectivity index (χ4n) is 1.74. The first-order chi connectivity index (χ1) is 9.07. The average Bonchev–Trinajstić information content (AvgIpc) is 2.25. The topological polar surface area (TPSA) is 21.3 Å². The lowest BCUT2D eigenvalue weighted by atomic mass is 9.92. The fraction of sp³-hybridized carbons (Fsp3) is 0.600. The molecule has 1 atom stereocenters. The van der Waals surface area contributed by atoms with E-state index in [1.165, 1.54) is 12.1 Å². The second-order valence-electron chi connectivity index (χ2n) is 6.10. The summed E-state index contributed by atoms with van der Waals surface area (Å²) in [6.45, 7) is 9.36. The molecule has 0 aliphatic heterocycles. The van der Waals surface area contributed by atoms with E-state index in [1.54, 1.807) is 12.1 Å². The third kappa shape index (κ3) is 6.80. The van der Waals surface area contributed by atoms with Gasteiger partial charge in [-0.1, -0.05) is 32.9 Å². The van der Waals surface area contributed by atoms with Crippen molar-refractivity contribution in [3.8, 4) is 5.75 Å². The number of benzene rings is 1. The lowest BCUT2D eigenvalue weighted by molar-refractivity contribution is -0.274. The smallest absolute Gasteiger partial charge is 0.406 e. The summed E-state index contributed by atoms with van der Waals surface area (Å²) < 4.78 is 40.0. The number of ether oxygens (including phenoxy) is 1. The maximum Gasteiger partial charge on any atom is 0.573 e. The minimum absolute atomic E-state index is 0.0947. The highest BCUT2D eigenvalue weighted by molar-refractivity contribution is 5.29. The lowest BCUT2D eigenvalue weighted by Crippen LogP contribution is -2.23. The van der Waals surface area contributed by atoms with Gasteiger partial charge in [0.15, 0.2) is 0 Å². The third-order valence-electron chi connectivity index (χ3n) is 2.94. The Hall–Kier alpha value is -1.23. The minimum atomic E-state index is -4.64. The molecule has 0 bridgehead atoms. The van der Waals surface area contributed by atoms with E-state index in [0.29, 0.717) is 0 Å². The van der Waals surface area contributed by atoms with E-state index in [-0.39, 0.29) is 17.2 Å². The molecule has 1 rings (SSSR count). The van der Waals surface area contributed by atoms with Gasteiger partial charge in [-0.05, 0) is 43.0 Å². The zero-order chi connectivity index (χ0) is 15.4. The molecule has 1 aromatic carbocycles. The first-order valence-corrected chi connectivity index (χ1v) is 6.66. The first kappa shape index (κ1) is 16.8. The Morgan fingerprint density at radius 3 is 2.10 bits per heavy atom. The number of alkyl halides is 3. The van der Waals surface area contributed by atoms with Crippen LogP contribution < -0.4 is 10.1 Å². The lowest BCUT2D eigenvalue weighted by Gasteiger charge is -2.21. The van der Waals surface area contributed by atoms with Crippen LogP contribution in [0.3, 0.4) is 0 Å². The second-order valence-corrected chi connectivity index (χ2v) is 6.10. The molecule has 0 aliphatic carbocycles. The summed E-state index contributed by atoms with van der Waals surface area (Å²) in [6.07, 6.45) is -3.61. The molecule has 1 aromatic rings. The molecule has 20 heavy (non-hydrogen) atoms. The Morgan fingerprint density at radius 1 is 1.10 bits per heavy atom. The van der Waals surface area contributed by atoms with E-state index in [0.717, 1.165) is 18.5 Å². The van der Waals surface area contributed by atoms with Crippen LogP contribution in [0, 0.1) is 5.41 Å². The second kappa shape index (κ2) is 6.48. The van der Waals surface area contributed by atoms with Crippen LogP contribution in [0.4, 0.5) is 13.2 Å². The van der Waals surface area contributed by atoms with Crippen molar-refractivity contribution >= 4 is 0 Å². The summed E-state index contributed by atoms with van der Waals surface area (Å²) in [5.41, 5.74) is 1.20. The van der Waals surface area contributed by atoms with Gasteiger partial charge in [0.1, 0.15) is 5.75 Å². The zero-order valence-corrected chi connectivity index (χ0v) is 12.3. The zero-order valence-electron chi connectivity index (χ0n) is 12.3. The molecule has 0 aromatic heterocycles. The van der Waals surface area contributed by atoms with Crippen molar-refractivity contribution < 1.29 is 17.9 Å². The molecule has 1 unspecified atom stereocenters.